The van der Waals surface area contributed by atoms with E-state index in [1.165, 1.54) is 63.4 Å². The lowest BCUT2D eigenvalue weighted by Crippen LogP contribution is -2.14. The van der Waals surface area contributed by atoms with Crippen LogP contribution >= 0.6 is 0 Å². The van der Waals surface area contributed by atoms with Crippen LogP contribution in [0.3, 0.4) is 0 Å². The van der Waals surface area contributed by atoms with Crippen molar-refractivity contribution >= 4 is 0 Å². The SMILES string of the molecule is CCCC1CCC(c2ccc(C3CCc4cc(CC)ccc4C3)cc2)CC1. The van der Waals surface area contributed by atoms with Crippen LogP contribution in [0.4, 0.5) is 0 Å². The predicted octanol–water partition coefficient (Wildman–Crippen LogP) is 7.60. The number of benzene rings is 2. The van der Waals surface area contributed by atoms with Gasteiger partial charge in [0.1, 0.15) is 0 Å². The van der Waals surface area contributed by atoms with Gasteiger partial charge in [0.05, 0.1) is 0 Å². The molecule has 2 aromatic carbocycles. The first kappa shape index (κ1) is 18.8. The maximum Gasteiger partial charge on any atom is -0.0118 e. The predicted molar refractivity (Wildman–Crippen MR) is 117 cm³/mol. The molecule has 27 heavy (non-hydrogen) atoms. The van der Waals surface area contributed by atoms with Crippen molar-refractivity contribution in [1.29, 1.82) is 0 Å². The van der Waals surface area contributed by atoms with Crippen molar-refractivity contribution in [3.63, 3.8) is 0 Å². The van der Waals surface area contributed by atoms with E-state index in [0.29, 0.717) is 5.92 Å². The first-order valence-corrected chi connectivity index (χ1v) is 11.5. The molecule has 0 radical (unpaired) electrons. The average molecular weight is 361 g/mol. The molecule has 1 saturated carbocycles. The van der Waals surface area contributed by atoms with E-state index in [0.717, 1.165) is 18.3 Å². The molecule has 0 amide bonds. The van der Waals surface area contributed by atoms with E-state index < -0.39 is 0 Å². The zero-order chi connectivity index (χ0) is 18.6. The molecule has 2 aromatic rings. The molecule has 0 saturated heterocycles. The summed E-state index contributed by atoms with van der Waals surface area (Å²) >= 11 is 0. The van der Waals surface area contributed by atoms with Crippen LogP contribution < -0.4 is 0 Å². The van der Waals surface area contributed by atoms with Crippen LogP contribution in [0, 0.1) is 5.92 Å². The Balaban J connectivity index is 1.39. The van der Waals surface area contributed by atoms with Gasteiger partial charge in [-0.1, -0.05) is 69.2 Å². The minimum absolute atomic E-state index is 0.708. The number of hydrogen-bond donors (Lipinski definition) is 0. The molecule has 2 aliphatic carbocycles. The third-order valence-corrected chi connectivity index (χ3v) is 7.33. The van der Waals surface area contributed by atoms with Gasteiger partial charge in [-0.05, 0) is 96.9 Å². The molecule has 144 valence electrons. The smallest absolute Gasteiger partial charge is 0.0118 e. The van der Waals surface area contributed by atoms with Crippen LogP contribution in [0.5, 0.6) is 0 Å². The Labute approximate surface area is 166 Å². The molecule has 2 aliphatic rings. The van der Waals surface area contributed by atoms with Gasteiger partial charge in [-0.2, -0.15) is 0 Å². The number of aryl methyl sites for hydroxylation is 2. The lowest BCUT2D eigenvalue weighted by molar-refractivity contribution is 0.308. The first-order valence-electron chi connectivity index (χ1n) is 11.5. The summed E-state index contributed by atoms with van der Waals surface area (Å²) in [5.41, 5.74) is 7.83. The molecule has 0 aromatic heterocycles. The van der Waals surface area contributed by atoms with Crippen molar-refractivity contribution in [3.8, 4) is 0 Å². The van der Waals surface area contributed by atoms with Crippen molar-refractivity contribution in [3.05, 3.63) is 70.3 Å². The Morgan fingerprint density at radius 1 is 0.741 bits per heavy atom. The lowest BCUT2D eigenvalue weighted by Gasteiger charge is -2.29. The summed E-state index contributed by atoms with van der Waals surface area (Å²) in [7, 11) is 0. The Bertz CT molecular complexity index is 731. The highest BCUT2D eigenvalue weighted by atomic mass is 14.3. The van der Waals surface area contributed by atoms with Crippen molar-refractivity contribution in [1.82, 2.24) is 0 Å². The van der Waals surface area contributed by atoms with Crippen LogP contribution in [0.1, 0.15) is 98.4 Å². The van der Waals surface area contributed by atoms with E-state index in [2.05, 4.69) is 56.3 Å². The van der Waals surface area contributed by atoms with Gasteiger partial charge < -0.3 is 0 Å². The van der Waals surface area contributed by atoms with Gasteiger partial charge in [-0.3, -0.25) is 0 Å². The highest BCUT2D eigenvalue weighted by Gasteiger charge is 2.23. The van der Waals surface area contributed by atoms with Gasteiger partial charge in [-0.15, -0.1) is 0 Å². The lowest BCUT2D eigenvalue weighted by atomic mass is 9.76. The van der Waals surface area contributed by atoms with E-state index in [1.807, 2.05) is 0 Å². The molecule has 0 spiro atoms. The fourth-order valence-corrected chi connectivity index (χ4v) is 5.55. The minimum atomic E-state index is 0.708. The standard InChI is InChI=1S/C27H36/c1-3-5-21-7-9-22(10-8-21)23-12-14-24(15-13-23)26-17-16-25-18-20(4-2)6-11-27(25)19-26/h6,11-15,18,21-22,26H,3-5,7-10,16-17,19H2,1-2H3. The fraction of sp³-hybridized carbons (Fsp3) is 0.556. The third kappa shape index (κ3) is 4.31. The number of hydrogen-bond acceptors (Lipinski definition) is 0. The first-order chi connectivity index (χ1) is 13.3. The molecule has 1 unspecified atom stereocenters. The fourth-order valence-electron chi connectivity index (χ4n) is 5.55. The van der Waals surface area contributed by atoms with E-state index in [-0.39, 0.29) is 0 Å². The summed E-state index contributed by atoms with van der Waals surface area (Å²) < 4.78 is 0. The summed E-state index contributed by atoms with van der Waals surface area (Å²) in [6.07, 6.45) is 13.4. The van der Waals surface area contributed by atoms with Crippen molar-refractivity contribution in [2.45, 2.75) is 89.9 Å². The van der Waals surface area contributed by atoms with Gasteiger partial charge in [0.25, 0.3) is 0 Å². The second-order valence-electron chi connectivity index (χ2n) is 9.07. The van der Waals surface area contributed by atoms with E-state index in [9.17, 15) is 0 Å². The highest BCUT2D eigenvalue weighted by Crippen LogP contribution is 2.39. The molecular formula is C27H36. The monoisotopic (exact) mass is 360 g/mol. The van der Waals surface area contributed by atoms with Crippen molar-refractivity contribution in [2.75, 3.05) is 0 Å². The van der Waals surface area contributed by atoms with Gasteiger partial charge >= 0.3 is 0 Å². The topological polar surface area (TPSA) is 0 Å². The largest absolute Gasteiger partial charge is 0.0654 e. The molecule has 0 bridgehead atoms. The third-order valence-electron chi connectivity index (χ3n) is 7.33. The molecule has 0 aliphatic heterocycles. The van der Waals surface area contributed by atoms with E-state index in [4.69, 9.17) is 0 Å². The van der Waals surface area contributed by atoms with Crippen LogP contribution in [0.25, 0.3) is 0 Å². The Kier molecular flexibility index (Phi) is 6.01. The molecule has 1 atom stereocenters. The van der Waals surface area contributed by atoms with Crippen LogP contribution in [-0.2, 0) is 19.3 Å². The number of fused-ring (bicyclic) bond motifs is 1. The highest BCUT2D eigenvalue weighted by molar-refractivity contribution is 5.38. The molecule has 0 heterocycles. The van der Waals surface area contributed by atoms with Crippen molar-refractivity contribution in [2.24, 2.45) is 5.92 Å². The molecule has 0 heteroatoms. The van der Waals surface area contributed by atoms with Gasteiger partial charge in [0.2, 0.25) is 0 Å². The molecule has 0 nitrogen and oxygen atoms in total. The Morgan fingerprint density at radius 2 is 1.44 bits per heavy atom. The molecule has 4 rings (SSSR count). The second-order valence-corrected chi connectivity index (χ2v) is 9.07. The quantitative estimate of drug-likeness (QED) is 0.515. The van der Waals surface area contributed by atoms with Crippen LogP contribution in [0.15, 0.2) is 42.5 Å². The zero-order valence-corrected chi connectivity index (χ0v) is 17.3. The van der Waals surface area contributed by atoms with E-state index >= 15 is 0 Å². The summed E-state index contributed by atoms with van der Waals surface area (Å²) in [6.45, 7) is 4.59. The second kappa shape index (κ2) is 8.63. The van der Waals surface area contributed by atoms with Gasteiger partial charge in [-0.25, -0.2) is 0 Å². The van der Waals surface area contributed by atoms with Gasteiger partial charge in [0, 0.05) is 0 Å². The zero-order valence-electron chi connectivity index (χ0n) is 17.3. The summed E-state index contributed by atoms with van der Waals surface area (Å²) in [4.78, 5) is 0. The summed E-state index contributed by atoms with van der Waals surface area (Å²) in [5.74, 6) is 2.52. The van der Waals surface area contributed by atoms with Gasteiger partial charge in [0.15, 0.2) is 0 Å². The van der Waals surface area contributed by atoms with Crippen molar-refractivity contribution < 1.29 is 0 Å². The molecule has 0 N–H and O–H groups in total. The van der Waals surface area contributed by atoms with E-state index in [1.54, 1.807) is 22.3 Å². The average Bonchev–Trinajstić information content (AvgIpc) is 2.74. The summed E-state index contributed by atoms with van der Waals surface area (Å²) in [5, 5.41) is 0. The van der Waals surface area contributed by atoms with Crippen LogP contribution in [-0.4, -0.2) is 0 Å². The maximum atomic E-state index is 2.45. The van der Waals surface area contributed by atoms with Crippen LogP contribution in [0.2, 0.25) is 0 Å². The minimum Gasteiger partial charge on any atom is -0.0654 e. The maximum absolute atomic E-state index is 2.45. The molecular weight excluding hydrogens is 324 g/mol. The Hall–Kier alpha value is -1.56. The summed E-state index contributed by atoms with van der Waals surface area (Å²) in [6, 6.07) is 17.0. The normalized spacial score (nSPS) is 25.2. The number of rotatable bonds is 5. The Morgan fingerprint density at radius 3 is 2.11 bits per heavy atom. The molecule has 1 fully saturated rings.